The van der Waals surface area contributed by atoms with Crippen LogP contribution >= 0.6 is 23.2 Å². The first-order valence-electron chi connectivity index (χ1n) is 6.80. The second kappa shape index (κ2) is 7.92. The molecule has 22 heavy (non-hydrogen) atoms. The van der Waals surface area contributed by atoms with Gasteiger partial charge in [0.05, 0.1) is 0 Å². The zero-order valence-corrected chi connectivity index (χ0v) is 13.5. The Balaban J connectivity index is 1.85. The number of para-hydroxylation sites is 1. The van der Waals surface area contributed by atoms with Gasteiger partial charge in [0.2, 0.25) is 0 Å². The lowest BCUT2D eigenvalue weighted by Crippen LogP contribution is -2.32. The summed E-state index contributed by atoms with van der Waals surface area (Å²) < 4.78 is 5.56. The number of amides is 2. The molecule has 0 heterocycles. The van der Waals surface area contributed by atoms with E-state index in [-0.39, 0.29) is 6.73 Å². The summed E-state index contributed by atoms with van der Waals surface area (Å²) in [5.74, 6) is 0.760. The van der Waals surface area contributed by atoms with Crippen molar-refractivity contribution in [3.8, 4) is 5.75 Å². The summed E-state index contributed by atoms with van der Waals surface area (Å²) >= 11 is 11.7. The molecule has 0 bridgehead atoms. The van der Waals surface area contributed by atoms with Crippen molar-refractivity contribution in [2.24, 2.45) is 0 Å². The number of urea groups is 1. The van der Waals surface area contributed by atoms with Crippen LogP contribution in [0.5, 0.6) is 5.75 Å². The van der Waals surface area contributed by atoms with Gasteiger partial charge in [-0.15, -0.1) is 0 Å². The molecule has 0 saturated carbocycles. The highest BCUT2D eigenvalue weighted by molar-refractivity contribution is 6.35. The highest BCUT2D eigenvalue weighted by Gasteiger charge is 2.05. The molecule has 0 radical (unpaired) electrons. The van der Waals surface area contributed by atoms with E-state index in [9.17, 15) is 4.79 Å². The third kappa shape index (κ3) is 4.83. The number of hydrogen-bond acceptors (Lipinski definition) is 2. The summed E-state index contributed by atoms with van der Waals surface area (Å²) in [4.78, 5) is 11.8. The van der Waals surface area contributed by atoms with Gasteiger partial charge in [-0.25, -0.2) is 4.79 Å². The Labute approximate surface area is 139 Å². The van der Waals surface area contributed by atoms with Gasteiger partial charge >= 0.3 is 6.03 Å². The minimum absolute atomic E-state index is 0.0666. The number of benzene rings is 2. The molecule has 116 valence electrons. The summed E-state index contributed by atoms with van der Waals surface area (Å²) in [6, 6.07) is 12.1. The van der Waals surface area contributed by atoms with Crippen molar-refractivity contribution in [2.75, 3.05) is 12.0 Å². The second-order valence-corrected chi connectivity index (χ2v) is 5.41. The van der Waals surface area contributed by atoms with Crippen LogP contribution in [0.15, 0.2) is 42.5 Å². The standard InChI is InChI=1S/C16H16Cl2N2O2/c1-2-11-5-3-4-6-15(11)22-10-19-16(21)20-14-8-12(17)7-13(18)9-14/h3-9H,2,10H2,1H3,(H2,19,20,21). The lowest BCUT2D eigenvalue weighted by atomic mass is 10.1. The molecule has 0 aliphatic heterocycles. The molecular formula is C16H16Cl2N2O2. The molecule has 2 rings (SSSR count). The Kier molecular flexibility index (Phi) is 5.92. The number of carbonyl (C=O) groups is 1. The van der Waals surface area contributed by atoms with Crippen LogP contribution < -0.4 is 15.4 Å². The first-order valence-corrected chi connectivity index (χ1v) is 7.55. The lowest BCUT2D eigenvalue weighted by Gasteiger charge is -2.12. The van der Waals surface area contributed by atoms with Crippen molar-refractivity contribution in [1.29, 1.82) is 0 Å². The number of ether oxygens (including phenoxy) is 1. The van der Waals surface area contributed by atoms with Crippen LogP contribution in [0.2, 0.25) is 10.0 Å². The molecule has 0 aliphatic carbocycles. The van der Waals surface area contributed by atoms with E-state index in [4.69, 9.17) is 27.9 Å². The van der Waals surface area contributed by atoms with E-state index in [1.165, 1.54) is 0 Å². The van der Waals surface area contributed by atoms with Gasteiger partial charge in [0.25, 0.3) is 0 Å². The monoisotopic (exact) mass is 338 g/mol. The van der Waals surface area contributed by atoms with Crippen molar-refractivity contribution in [2.45, 2.75) is 13.3 Å². The predicted molar refractivity (Wildman–Crippen MR) is 89.9 cm³/mol. The molecule has 0 aliphatic rings. The van der Waals surface area contributed by atoms with E-state index >= 15 is 0 Å². The topological polar surface area (TPSA) is 50.4 Å². The molecule has 0 fully saturated rings. The molecule has 2 amide bonds. The van der Waals surface area contributed by atoms with Crippen LogP contribution in [-0.4, -0.2) is 12.8 Å². The van der Waals surface area contributed by atoms with Gasteiger partial charge in [0.15, 0.2) is 6.73 Å². The van der Waals surface area contributed by atoms with Crippen molar-refractivity contribution < 1.29 is 9.53 Å². The van der Waals surface area contributed by atoms with Crippen LogP contribution in [0, 0.1) is 0 Å². The third-order valence-electron chi connectivity index (χ3n) is 2.93. The van der Waals surface area contributed by atoms with Crippen molar-refractivity contribution in [1.82, 2.24) is 5.32 Å². The smallest absolute Gasteiger partial charge is 0.321 e. The van der Waals surface area contributed by atoms with E-state index in [0.29, 0.717) is 15.7 Å². The number of anilines is 1. The normalized spacial score (nSPS) is 10.1. The molecule has 2 aromatic rings. The fraction of sp³-hybridized carbons (Fsp3) is 0.188. The van der Waals surface area contributed by atoms with Gasteiger partial charge in [0, 0.05) is 15.7 Å². The highest BCUT2D eigenvalue weighted by atomic mass is 35.5. The minimum atomic E-state index is -0.396. The fourth-order valence-electron chi connectivity index (χ4n) is 1.92. The number of halogens is 2. The molecule has 4 nitrogen and oxygen atoms in total. The van der Waals surface area contributed by atoms with Crippen molar-refractivity contribution >= 4 is 34.9 Å². The average Bonchev–Trinajstić information content (AvgIpc) is 2.46. The van der Waals surface area contributed by atoms with Gasteiger partial charge in [-0.05, 0) is 36.2 Å². The number of carbonyl (C=O) groups excluding carboxylic acids is 1. The van der Waals surface area contributed by atoms with Gasteiger partial charge in [-0.2, -0.15) is 0 Å². The molecule has 0 atom stereocenters. The number of nitrogens with one attached hydrogen (secondary N) is 2. The number of rotatable bonds is 5. The molecule has 2 N–H and O–H groups in total. The molecule has 0 unspecified atom stereocenters. The number of aryl methyl sites for hydroxylation is 1. The summed E-state index contributed by atoms with van der Waals surface area (Å²) in [5, 5.41) is 6.16. The Bertz CT molecular complexity index is 642. The first kappa shape index (κ1) is 16.5. The molecule has 0 spiro atoms. The largest absolute Gasteiger partial charge is 0.473 e. The predicted octanol–water partition coefficient (Wildman–Crippen LogP) is 4.71. The van der Waals surface area contributed by atoms with Crippen LogP contribution in [0.4, 0.5) is 10.5 Å². The van der Waals surface area contributed by atoms with E-state index in [1.54, 1.807) is 18.2 Å². The number of hydrogen-bond donors (Lipinski definition) is 2. The molecular weight excluding hydrogens is 323 g/mol. The molecule has 0 aromatic heterocycles. The maximum absolute atomic E-state index is 11.8. The van der Waals surface area contributed by atoms with E-state index in [0.717, 1.165) is 17.7 Å². The Morgan fingerprint density at radius 2 is 1.82 bits per heavy atom. The maximum atomic E-state index is 11.8. The van der Waals surface area contributed by atoms with Crippen molar-refractivity contribution in [3.63, 3.8) is 0 Å². The highest BCUT2D eigenvalue weighted by Crippen LogP contribution is 2.22. The molecule has 2 aromatic carbocycles. The fourth-order valence-corrected chi connectivity index (χ4v) is 2.44. The van der Waals surface area contributed by atoms with Crippen LogP contribution in [-0.2, 0) is 6.42 Å². The van der Waals surface area contributed by atoms with E-state index < -0.39 is 6.03 Å². The lowest BCUT2D eigenvalue weighted by molar-refractivity contribution is 0.234. The quantitative estimate of drug-likeness (QED) is 0.775. The SMILES string of the molecule is CCc1ccccc1OCNC(=O)Nc1cc(Cl)cc(Cl)c1. The van der Waals surface area contributed by atoms with Crippen LogP contribution in [0.25, 0.3) is 0 Å². The van der Waals surface area contributed by atoms with Gasteiger partial charge in [-0.3, -0.25) is 0 Å². The Morgan fingerprint density at radius 1 is 1.14 bits per heavy atom. The van der Waals surface area contributed by atoms with Gasteiger partial charge < -0.3 is 15.4 Å². The Morgan fingerprint density at radius 3 is 2.50 bits per heavy atom. The second-order valence-electron chi connectivity index (χ2n) is 4.54. The van der Waals surface area contributed by atoms with Gasteiger partial charge in [0.1, 0.15) is 5.75 Å². The summed E-state index contributed by atoms with van der Waals surface area (Å²) in [7, 11) is 0. The zero-order valence-electron chi connectivity index (χ0n) is 12.0. The first-order chi connectivity index (χ1) is 10.6. The van der Waals surface area contributed by atoms with Gasteiger partial charge in [-0.1, -0.05) is 48.3 Å². The average molecular weight is 339 g/mol. The summed E-state index contributed by atoms with van der Waals surface area (Å²) in [6.07, 6.45) is 0.864. The van der Waals surface area contributed by atoms with Crippen LogP contribution in [0.3, 0.4) is 0 Å². The molecule has 6 heteroatoms. The van der Waals surface area contributed by atoms with E-state index in [2.05, 4.69) is 10.6 Å². The minimum Gasteiger partial charge on any atom is -0.473 e. The molecule has 0 saturated heterocycles. The summed E-state index contributed by atoms with van der Waals surface area (Å²) in [6.45, 7) is 2.11. The van der Waals surface area contributed by atoms with Crippen LogP contribution in [0.1, 0.15) is 12.5 Å². The van der Waals surface area contributed by atoms with E-state index in [1.807, 2.05) is 31.2 Å². The third-order valence-corrected chi connectivity index (χ3v) is 3.37. The maximum Gasteiger partial charge on any atom is 0.321 e. The zero-order chi connectivity index (χ0) is 15.9. The van der Waals surface area contributed by atoms with Crippen molar-refractivity contribution in [3.05, 3.63) is 58.1 Å². The Hall–Kier alpha value is -1.91. The summed E-state index contributed by atoms with van der Waals surface area (Å²) in [5.41, 5.74) is 1.61.